The summed E-state index contributed by atoms with van der Waals surface area (Å²) in [6, 6.07) is 3.73. The lowest BCUT2D eigenvalue weighted by Gasteiger charge is -2.03. The smallest absolute Gasteiger partial charge is 0.122 e. The Hall–Kier alpha value is -1.46. The van der Waals surface area contributed by atoms with E-state index < -0.39 is 0 Å². The average molecular weight is 253 g/mol. The standard InChI is InChI=1S/C10H9ClN4S/c11-8-4-14-15(6-8)5-7-1-2-13-9(3-7)10(12)16/h1-4,6H,5H2,(H2,12,16). The number of aromatic nitrogens is 3. The largest absolute Gasteiger partial charge is 0.388 e. The fourth-order valence-electron chi connectivity index (χ4n) is 1.32. The summed E-state index contributed by atoms with van der Waals surface area (Å²) >= 11 is 10.6. The van der Waals surface area contributed by atoms with Crippen molar-refractivity contribution in [2.75, 3.05) is 0 Å². The maximum atomic E-state index is 5.77. The molecule has 2 heterocycles. The Morgan fingerprint density at radius 2 is 2.38 bits per heavy atom. The fraction of sp³-hybridized carbons (Fsp3) is 0.100. The van der Waals surface area contributed by atoms with E-state index >= 15 is 0 Å². The van der Waals surface area contributed by atoms with Crippen molar-refractivity contribution in [3.63, 3.8) is 0 Å². The summed E-state index contributed by atoms with van der Waals surface area (Å²) in [4.78, 5) is 4.36. The third kappa shape index (κ3) is 2.56. The number of rotatable bonds is 3. The summed E-state index contributed by atoms with van der Waals surface area (Å²) in [6.07, 6.45) is 5.02. The van der Waals surface area contributed by atoms with Gasteiger partial charge in [-0.25, -0.2) is 0 Å². The third-order valence-corrected chi connectivity index (χ3v) is 2.43. The van der Waals surface area contributed by atoms with Gasteiger partial charge in [-0.2, -0.15) is 5.10 Å². The molecule has 4 nitrogen and oxygen atoms in total. The van der Waals surface area contributed by atoms with Crippen LogP contribution in [0.15, 0.2) is 30.7 Å². The first kappa shape index (κ1) is 11.0. The Kier molecular flexibility index (Phi) is 3.17. The molecule has 0 aromatic carbocycles. The van der Waals surface area contributed by atoms with Gasteiger partial charge in [-0.3, -0.25) is 9.67 Å². The normalized spacial score (nSPS) is 10.3. The molecule has 2 rings (SSSR count). The van der Waals surface area contributed by atoms with Gasteiger partial charge in [0.05, 0.1) is 23.5 Å². The molecule has 82 valence electrons. The first-order valence-corrected chi connectivity index (χ1v) is 5.36. The van der Waals surface area contributed by atoms with Gasteiger partial charge in [0.25, 0.3) is 0 Å². The second kappa shape index (κ2) is 4.59. The molecule has 6 heteroatoms. The van der Waals surface area contributed by atoms with E-state index in [0.29, 0.717) is 22.2 Å². The van der Waals surface area contributed by atoms with Crippen LogP contribution in [0.4, 0.5) is 0 Å². The maximum absolute atomic E-state index is 5.77. The van der Waals surface area contributed by atoms with Gasteiger partial charge in [0.1, 0.15) is 4.99 Å². The van der Waals surface area contributed by atoms with E-state index in [0.717, 1.165) is 5.56 Å². The Balaban J connectivity index is 2.21. The summed E-state index contributed by atoms with van der Waals surface area (Å²) in [5, 5.41) is 4.70. The number of nitrogens with two attached hydrogens (primary N) is 1. The number of halogens is 1. The maximum Gasteiger partial charge on any atom is 0.122 e. The van der Waals surface area contributed by atoms with Gasteiger partial charge in [0, 0.05) is 12.4 Å². The highest BCUT2D eigenvalue weighted by Crippen LogP contribution is 2.08. The van der Waals surface area contributed by atoms with Gasteiger partial charge in [-0.15, -0.1) is 0 Å². The van der Waals surface area contributed by atoms with Crippen molar-refractivity contribution in [1.29, 1.82) is 0 Å². The van der Waals surface area contributed by atoms with Crippen LogP contribution in [0.25, 0.3) is 0 Å². The lowest BCUT2D eigenvalue weighted by atomic mass is 10.2. The van der Waals surface area contributed by atoms with Crippen molar-refractivity contribution in [2.24, 2.45) is 5.73 Å². The molecule has 0 aliphatic rings. The molecule has 16 heavy (non-hydrogen) atoms. The van der Waals surface area contributed by atoms with E-state index in [1.54, 1.807) is 23.3 Å². The second-order valence-electron chi connectivity index (χ2n) is 3.27. The SMILES string of the molecule is NC(=S)c1cc(Cn2cc(Cl)cn2)ccn1. The Labute approximate surface area is 103 Å². The van der Waals surface area contributed by atoms with Crippen LogP contribution in [-0.2, 0) is 6.54 Å². The number of hydrogen-bond donors (Lipinski definition) is 1. The van der Waals surface area contributed by atoms with E-state index in [1.807, 2.05) is 12.1 Å². The predicted octanol–water partition coefficient (Wildman–Crippen LogP) is 1.61. The van der Waals surface area contributed by atoms with Crippen LogP contribution in [0.5, 0.6) is 0 Å². The molecule has 0 atom stereocenters. The lowest BCUT2D eigenvalue weighted by Crippen LogP contribution is -2.12. The zero-order valence-corrected chi connectivity index (χ0v) is 9.87. The van der Waals surface area contributed by atoms with E-state index in [2.05, 4.69) is 10.1 Å². The van der Waals surface area contributed by atoms with E-state index in [9.17, 15) is 0 Å². The molecule has 2 N–H and O–H groups in total. The molecule has 0 bridgehead atoms. The summed E-state index contributed by atoms with van der Waals surface area (Å²) in [6.45, 7) is 0.616. The number of nitrogens with zero attached hydrogens (tertiary/aromatic N) is 3. The molecule has 0 amide bonds. The highest BCUT2D eigenvalue weighted by atomic mass is 35.5. The van der Waals surface area contributed by atoms with Crippen LogP contribution < -0.4 is 5.73 Å². The summed E-state index contributed by atoms with van der Waals surface area (Å²) in [5.74, 6) is 0. The first-order chi connectivity index (χ1) is 7.65. The van der Waals surface area contributed by atoms with Crippen molar-refractivity contribution in [3.8, 4) is 0 Å². The minimum Gasteiger partial charge on any atom is -0.388 e. The van der Waals surface area contributed by atoms with Crippen LogP contribution in [0, 0.1) is 0 Å². The molecule has 2 aromatic heterocycles. The van der Waals surface area contributed by atoms with Crippen LogP contribution >= 0.6 is 23.8 Å². The van der Waals surface area contributed by atoms with Gasteiger partial charge in [0.2, 0.25) is 0 Å². The summed E-state index contributed by atoms with van der Waals surface area (Å²) in [7, 11) is 0. The van der Waals surface area contributed by atoms with Crippen LogP contribution in [0.1, 0.15) is 11.3 Å². The van der Waals surface area contributed by atoms with E-state index in [1.165, 1.54) is 0 Å². The minimum atomic E-state index is 0.292. The lowest BCUT2D eigenvalue weighted by molar-refractivity contribution is 0.686. The number of pyridine rings is 1. The Morgan fingerprint density at radius 1 is 1.56 bits per heavy atom. The number of thiocarbonyl (C=S) groups is 1. The van der Waals surface area contributed by atoms with Gasteiger partial charge < -0.3 is 5.73 Å². The zero-order valence-electron chi connectivity index (χ0n) is 8.30. The fourth-order valence-corrected chi connectivity index (χ4v) is 1.59. The minimum absolute atomic E-state index is 0.292. The van der Waals surface area contributed by atoms with Crippen LogP contribution in [0.3, 0.4) is 0 Å². The van der Waals surface area contributed by atoms with Gasteiger partial charge >= 0.3 is 0 Å². The monoisotopic (exact) mass is 252 g/mol. The average Bonchev–Trinajstić information content (AvgIpc) is 2.64. The Morgan fingerprint density at radius 3 is 3.00 bits per heavy atom. The highest BCUT2D eigenvalue weighted by Gasteiger charge is 2.01. The molecule has 2 aromatic rings. The van der Waals surface area contributed by atoms with Crippen molar-refractivity contribution in [3.05, 3.63) is 47.0 Å². The molecule has 0 saturated heterocycles. The highest BCUT2D eigenvalue weighted by molar-refractivity contribution is 7.80. The predicted molar refractivity (Wildman–Crippen MR) is 66.5 cm³/mol. The van der Waals surface area contributed by atoms with Crippen molar-refractivity contribution in [1.82, 2.24) is 14.8 Å². The molecular weight excluding hydrogens is 244 g/mol. The molecule has 0 fully saturated rings. The summed E-state index contributed by atoms with van der Waals surface area (Å²) in [5.41, 5.74) is 7.15. The van der Waals surface area contributed by atoms with E-state index in [-0.39, 0.29) is 0 Å². The van der Waals surface area contributed by atoms with Crippen LogP contribution in [-0.4, -0.2) is 19.8 Å². The van der Waals surface area contributed by atoms with Crippen LogP contribution in [0.2, 0.25) is 5.02 Å². The molecule has 0 radical (unpaired) electrons. The van der Waals surface area contributed by atoms with E-state index in [4.69, 9.17) is 29.6 Å². The number of hydrogen-bond acceptors (Lipinski definition) is 3. The topological polar surface area (TPSA) is 56.7 Å². The molecule has 0 aliphatic heterocycles. The zero-order chi connectivity index (χ0) is 11.5. The molecule has 0 spiro atoms. The first-order valence-electron chi connectivity index (χ1n) is 4.58. The Bertz CT molecular complexity index is 523. The van der Waals surface area contributed by atoms with Gasteiger partial charge in [0.15, 0.2) is 0 Å². The van der Waals surface area contributed by atoms with Crippen molar-refractivity contribution in [2.45, 2.75) is 6.54 Å². The molecule has 0 unspecified atom stereocenters. The molecular formula is C10H9ClN4S. The second-order valence-corrected chi connectivity index (χ2v) is 4.15. The molecule has 0 aliphatic carbocycles. The van der Waals surface area contributed by atoms with Gasteiger partial charge in [-0.1, -0.05) is 23.8 Å². The molecule has 0 saturated carbocycles. The van der Waals surface area contributed by atoms with Crippen molar-refractivity contribution < 1.29 is 0 Å². The quantitative estimate of drug-likeness (QED) is 0.844. The third-order valence-electron chi connectivity index (χ3n) is 2.02. The van der Waals surface area contributed by atoms with Crippen molar-refractivity contribution >= 4 is 28.8 Å². The van der Waals surface area contributed by atoms with Gasteiger partial charge in [-0.05, 0) is 17.7 Å². The summed E-state index contributed by atoms with van der Waals surface area (Å²) < 4.78 is 1.74.